The maximum Gasteiger partial charge on any atom is 0.408 e. The lowest BCUT2D eigenvalue weighted by molar-refractivity contribution is -0.146. The quantitative estimate of drug-likeness (QED) is 0.152. The Bertz CT molecular complexity index is 949. The fourth-order valence-corrected chi connectivity index (χ4v) is 2.98. The number of hydrogen-bond donors (Lipinski definition) is 3. The maximum absolute atomic E-state index is 12.6. The van der Waals surface area contributed by atoms with Crippen molar-refractivity contribution in [2.24, 2.45) is 0 Å². The van der Waals surface area contributed by atoms with E-state index in [0.717, 1.165) is 6.42 Å². The monoisotopic (exact) mass is 538 g/mol. The third-order valence-corrected chi connectivity index (χ3v) is 4.63. The first-order chi connectivity index (χ1) is 17.6. The molecule has 0 fully saturated rings. The highest BCUT2D eigenvalue weighted by atomic mass is 16.6. The molecule has 11 heteroatoms. The number of hydrogen-bond acceptors (Lipinski definition) is 9. The molecule has 1 atom stereocenters. The lowest BCUT2D eigenvalue weighted by Crippen LogP contribution is -2.45. The second kappa shape index (κ2) is 15.0. The number of amides is 2. The van der Waals surface area contributed by atoms with Crippen LogP contribution in [0.2, 0.25) is 0 Å². The number of ether oxygens (including phenoxy) is 4. The zero-order valence-electron chi connectivity index (χ0n) is 23.5. The van der Waals surface area contributed by atoms with E-state index < -0.39 is 41.4 Å². The highest BCUT2D eigenvalue weighted by Crippen LogP contribution is 2.28. The number of alkyl carbamates (subject to hydrolysis) is 2. The van der Waals surface area contributed by atoms with Gasteiger partial charge in [-0.15, -0.1) is 0 Å². The van der Waals surface area contributed by atoms with E-state index in [0.29, 0.717) is 18.4 Å². The van der Waals surface area contributed by atoms with E-state index in [-0.39, 0.29) is 37.5 Å². The normalized spacial score (nSPS) is 12.2. The van der Waals surface area contributed by atoms with Gasteiger partial charge in [0.1, 0.15) is 17.2 Å². The number of nitrogens with one attached hydrogen (secondary N) is 2. The first kappa shape index (κ1) is 32.5. The van der Waals surface area contributed by atoms with Gasteiger partial charge in [0.2, 0.25) is 0 Å². The minimum Gasteiger partial charge on any atom is -0.504 e. The zero-order chi connectivity index (χ0) is 28.9. The zero-order valence-corrected chi connectivity index (χ0v) is 23.5. The Morgan fingerprint density at radius 3 is 2.16 bits per heavy atom. The lowest BCUT2D eigenvalue weighted by atomic mass is 10.1. The Labute approximate surface area is 224 Å². The van der Waals surface area contributed by atoms with Gasteiger partial charge >= 0.3 is 24.1 Å². The van der Waals surface area contributed by atoms with Crippen molar-refractivity contribution >= 4 is 24.1 Å². The van der Waals surface area contributed by atoms with Crippen LogP contribution in [0.3, 0.4) is 0 Å². The van der Waals surface area contributed by atoms with Gasteiger partial charge < -0.3 is 34.7 Å². The molecule has 0 saturated heterocycles. The van der Waals surface area contributed by atoms with Crippen LogP contribution in [0.1, 0.15) is 79.7 Å². The summed E-state index contributed by atoms with van der Waals surface area (Å²) in [5, 5.41) is 15.4. The predicted molar refractivity (Wildman–Crippen MR) is 140 cm³/mol. The molecule has 1 aromatic rings. The van der Waals surface area contributed by atoms with Gasteiger partial charge in [0, 0.05) is 19.4 Å². The number of carbonyl (C=O) groups excluding carboxylic acids is 4. The second-order valence-electron chi connectivity index (χ2n) is 10.7. The number of phenols is 1. The Morgan fingerprint density at radius 2 is 1.58 bits per heavy atom. The summed E-state index contributed by atoms with van der Waals surface area (Å²) in [5.74, 6) is -1.58. The van der Waals surface area contributed by atoms with Crippen LogP contribution in [-0.4, -0.2) is 59.6 Å². The van der Waals surface area contributed by atoms with Gasteiger partial charge in [-0.2, -0.15) is 0 Å². The van der Waals surface area contributed by atoms with Gasteiger partial charge in [-0.25, -0.2) is 14.4 Å². The van der Waals surface area contributed by atoms with Crippen molar-refractivity contribution in [2.45, 2.75) is 97.8 Å². The van der Waals surface area contributed by atoms with E-state index in [1.54, 1.807) is 47.6 Å². The van der Waals surface area contributed by atoms with Crippen molar-refractivity contribution < 1.29 is 43.2 Å². The minimum absolute atomic E-state index is 0.00245. The van der Waals surface area contributed by atoms with Crippen molar-refractivity contribution in [3.8, 4) is 11.5 Å². The fourth-order valence-electron chi connectivity index (χ4n) is 2.98. The van der Waals surface area contributed by atoms with E-state index in [9.17, 15) is 24.3 Å². The Morgan fingerprint density at radius 1 is 0.947 bits per heavy atom. The van der Waals surface area contributed by atoms with Crippen LogP contribution in [0.25, 0.3) is 0 Å². The van der Waals surface area contributed by atoms with Gasteiger partial charge in [-0.05, 0) is 72.1 Å². The molecule has 0 bridgehead atoms. The number of benzene rings is 1. The van der Waals surface area contributed by atoms with E-state index in [1.807, 2.05) is 6.92 Å². The molecule has 0 aliphatic carbocycles. The molecule has 0 aromatic heterocycles. The van der Waals surface area contributed by atoms with Gasteiger partial charge in [0.15, 0.2) is 11.5 Å². The van der Waals surface area contributed by atoms with E-state index >= 15 is 0 Å². The summed E-state index contributed by atoms with van der Waals surface area (Å²) in [4.78, 5) is 48.6. The summed E-state index contributed by atoms with van der Waals surface area (Å²) in [5.41, 5.74) is -0.873. The molecule has 38 heavy (non-hydrogen) atoms. The summed E-state index contributed by atoms with van der Waals surface area (Å²) >= 11 is 0. The molecule has 1 rings (SSSR count). The van der Waals surface area contributed by atoms with Crippen LogP contribution in [0.4, 0.5) is 9.59 Å². The van der Waals surface area contributed by atoms with Crippen molar-refractivity contribution in [2.75, 3.05) is 13.2 Å². The van der Waals surface area contributed by atoms with Crippen LogP contribution < -0.4 is 15.4 Å². The average molecular weight is 539 g/mol. The standard InChI is InChI=1S/C27H42N2O9/c1-8-9-15-35-23(32)19(29-25(34)38-27(5,6)7)16-18-12-13-21(20(30)17-18)36-22(31)11-10-14-28-24(33)37-26(2,3)4/h12-13,17,19,30H,8-11,14-16H2,1-7H3,(H,28,33)(H,29,34)/t19-/m0/s1. The smallest absolute Gasteiger partial charge is 0.408 e. The minimum atomic E-state index is -1.05. The molecule has 0 aliphatic heterocycles. The molecule has 0 aliphatic rings. The largest absolute Gasteiger partial charge is 0.504 e. The van der Waals surface area contributed by atoms with Gasteiger partial charge in [0.25, 0.3) is 0 Å². The van der Waals surface area contributed by atoms with Crippen LogP contribution >= 0.6 is 0 Å². The first-order valence-electron chi connectivity index (χ1n) is 12.7. The highest BCUT2D eigenvalue weighted by molar-refractivity contribution is 5.82. The predicted octanol–water partition coefficient (Wildman–Crippen LogP) is 4.38. The Kier molecular flexibility index (Phi) is 12.9. The number of rotatable bonds is 12. The molecule has 11 nitrogen and oxygen atoms in total. The number of esters is 2. The number of unbranched alkanes of at least 4 members (excludes halogenated alkanes) is 1. The second-order valence-corrected chi connectivity index (χ2v) is 10.7. The molecule has 3 N–H and O–H groups in total. The van der Waals surface area contributed by atoms with Gasteiger partial charge in [-0.3, -0.25) is 4.79 Å². The molecular weight excluding hydrogens is 496 g/mol. The van der Waals surface area contributed by atoms with Crippen LogP contribution in [0.5, 0.6) is 11.5 Å². The summed E-state index contributed by atoms with van der Waals surface area (Å²) < 4.78 is 20.8. The van der Waals surface area contributed by atoms with Crippen molar-refractivity contribution in [3.05, 3.63) is 23.8 Å². The molecule has 0 spiro atoms. The maximum atomic E-state index is 12.6. The lowest BCUT2D eigenvalue weighted by Gasteiger charge is -2.23. The number of phenolic OH excluding ortho intramolecular Hbond substituents is 1. The highest BCUT2D eigenvalue weighted by Gasteiger charge is 2.26. The average Bonchev–Trinajstić information content (AvgIpc) is 2.75. The van der Waals surface area contributed by atoms with E-state index in [2.05, 4.69) is 10.6 Å². The van der Waals surface area contributed by atoms with Crippen molar-refractivity contribution in [3.63, 3.8) is 0 Å². The molecule has 1 aromatic carbocycles. The summed E-state index contributed by atoms with van der Waals surface area (Å²) in [7, 11) is 0. The van der Waals surface area contributed by atoms with E-state index in [4.69, 9.17) is 18.9 Å². The van der Waals surface area contributed by atoms with Crippen molar-refractivity contribution in [1.82, 2.24) is 10.6 Å². The summed E-state index contributed by atoms with van der Waals surface area (Å²) in [6.07, 6.45) is 0.507. The summed E-state index contributed by atoms with van der Waals surface area (Å²) in [6, 6.07) is 3.26. The fraction of sp³-hybridized carbons (Fsp3) is 0.630. The molecule has 2 amide bonds. The van der Waals surface area contributed by atoms with Crippen LogP contribution in [0.15, 0.2) is 18.2 Å². The molecule has 0 heterocycles. The molecule has 0 saturated carbocycles. The molecular formula is C27H42N2O9. The number of carbonyl (C=O) groups is 4. The van der Waals surface area contributed by atoms with Crippen LogP contribution in [-0.2, 0) is 30.2 Å². The summed E-state index contributed by atoms with van der Waals surface area (Å²) in [6.45, 7) is 12.8. The third kappa shape index (κ3) is 14.3. The SMILES string of the molecule is CCCCOC(=O)[C@H](Cc1ccc(OC(=O)CCCNC(=O)OC(C)(C)C)c(O)c1)NC(=O)OC(C)(C)C. The Balaban J connectivity index is 2.72. The van der Waals surface area contributed by atoms with Gasteiger partial charge in [0.05, 0.1) is 6.61 Å². The van der Waals surface area contributed by atoms with Crippen molar-refractivity contribution in [1.29, 1.82) is 0 Å². The van der Waals surface area contributed by atoms with E-state index in [1.165, 1.54) is 12.1 Å². The molecule has 0 unspecified atom stereocenters. The van der Waals surface area contributed by atoms with Gasteiger partial charge in [-0.1, -0.05) is 19.4 Å². The Hall–Kier alpha value is -3.50. The molecule has 214 valence electrons. The first-order valence-corrected chi connectivity index (χ1v) is 12.7. The number of aromatic hydroxyl groups is 1. The van der Waals surface area contributed by atoms with Crippen LogP contribution in [0, 0.1) is 0 Å². The molecule has 0 radical (unpaired) electrons. The topological polar surface area (TPSA) is 149 Å². The third-order valence-electron chi connectivity index (χ3n) is 4.63.